The predicted octanol–water partition coefficient (Wildman–Crippen LogP) is 5.82. The zero-order valence-electron chi connectivity index (χ0n) is 10.6. The molecule has 0 radical (unpaired) electrons. The van der Waals surface area contributed by atoms with E-state index in [0.29, 0.717) is 0 Å². The minimum atomic E-state index is 0.123. The highest BCUT2D eigenvalue weighted by atomic mass is 79.9. The van der Waals surface area contributed by atoms with E-state index in [4.69, 9.17) is 23.2 Å². The monoisotopic (exact) mass is 377 g/mol. The van der Waals surface area contributed by atoms with Crippen molar-refractivity contribution in [1.82, 2.24) is 5.32 Å². The van der Waals surface area contributed by atoms with Crippen LogP contribution in [0.2, 0.25) is 9.36 Å². The van der Waals surface area contributed by atoms with Crippen molar-refractivity contribution < 1.29 is 0 Å². The van der Waals surface area contributed by atoms with Gasteiger partial charge in [0, 0.05) is 14.4 Å². The minimum absolute atomic E-state index is 0.123. The fourth-order valence-corrected chi connectivity index (χ4v) is 4.02. The van der Waals surface area contributed by atoms with Crippen LogP contribution >= 0.6 is 50.5 Å². The van der Waals surface area contributed by atoms with E-state index in [2.05, 4.69) is 40.3 Å². The number of halogens is 3. The summed E-state index contributed by atoms with van der Waals surface area (Å²) in [7, 11) is 0. The van der Waals surface area contributed by atoms with Gasteiger partial charge in [0.1, 0.15) is 4.34 Å². The molecule has 19 heavy (non-hydrogen) atoms. The summed E-state index contributed by atoms with van der Waals surface area (Å²) in [6.07, 6.45) is 0. The molecule has 2 aromatic rings. The van der Waals surface area contributed by atoms with Gasteiger partial charge in [-0.2, -0.15) is 0 Å². The van der Waals surface area contributed by atoms with E-state index in [1.807, 2.05) is 19.1 Å². The third-order valence-corrected chi connectivity index (χ3v) is 5.93. The zero-order valence-corrected chi connectivity index (χ0v) is 14.6. The van der Waals surface area contributed by atoms with Crippen molar-refractivity contribution in [3.8, 4) is 0 Å². The second kappa shape index (κ2) is 6.59. The summed E-state index contributed by atoms with van der Waals surface area (Å²) in [6.45, 7) is 5.02. The van der Waals surface area contributed by atoms with E-state index < -0.39 is 0 Å². The van der Waals surface area contributed by atoms with Crippen molar-refractivity contribution >= 4 is 50.5 Å². The molecule has 2 rings (SSSR count). The Morgan fingerprint density at radius 3 is 2.68 bits per heavy atom. The molecule has 1 N–H and O–H groups in total. The van der Waals surface area contributed by atoms with Gasteiger partial charge in [-0.25, -0.2) is 0 Å². The molecule has 1 aromatic heterocycles. The number of thiophene rings is 1. The fraction of sp³-hybridized carbons (Fsp3) is 0.286. The topological polar surface area (TPSA) is 12.0 Å². The van der Waals surface area contributed by atoms with Crippen molar-refractivity contribution in [2.24, 2.45) is 0 Å². The molecule has 0 spiro atoms. The summed E-state index contributed by atoms with van der Waals surface area (Å²) in [6, 6.07) is 8.20. The van der Waals surface area contributed by atoms with E-state index in [1.165, 1.54) is 10.4 Å². The average Bonchev–Trinajstić information content (AvgIpc) is 2.70. The van der Waals surface area contributed by atoms with E-state index in [1.54, 1.807) is 11.3 Å². The normalized spacial score (nSPS) is 12.7. The predicted molar refractivity (Wildman–Crippen MR) is 88.7 cm³/mol. The summed E-state index contributed by atoms with van der Waals surface area (Å²) < 4.78 is 1.72. The average molecular weight is 379 g/mol. The molecular weight excluding hydrogens is 365 g/mol. The molecule has 1 heterocycles. The van der Waals surface area contributed by atoms with Crippen LogP contribution in [0.4, 0.5) is 0 Å². The lowest BCUT2D eigenvalue weighted by Crippen LogP contribution is -2.21. The molecule has 1 atom stereocenters. The number of nitrogens with one attached hydrogen (secondary N) is 1. The van der Waals surface area contributed by atoms with Crippen molar-refractivity contribution in [3.05, 3.63) is 54.1 Å². The molecule has 1 aromatic carbocycles. The van der Waals surface area contributed by atoms with Gasteiger partial charge in [-0.1, -0.05) is 42.3 Å². The van der Waals surface area contributed by atoms with Gasteiger partial charge in [-0.15, -0.1) is 11.3 Å². The molecule has 0 fully saturated rings. The lowest BCUT2D eigenvalue weighted by Gasteiger charge is -2.19. The SMILES string of the molecule is CCNC(c1cc(Br)c(Cl)s1)c1cccc(Cl)c1C. The van der Waals surface area contributed by atoms with Crippen LogP contribution < -0.4 is 5.32 Å². The molecule has 0 aliphatic carbocycles. The van der Waals surface area contributed by atoms with Gasteiger partial charge in [0.2, 0.25) is 0 Å². The second-order valence-electron chi connectivity index (χ2n) is 4.22. The highest BCUT2D eigenvalue weighted by molar-refractivity contribution is 9.10. The first-order valence-corrected chi connectivity index (χ1v) is 8.34. The van der Waals surface area contributed by atoms with Gasteiger partial charge in [0.15, 0.2) is 0 Å². The smallest absolute Gasteiger partial charge is 0.107 e. The molecular formula is C14H14BrCl2NS. The van der Waals surface area contributed by atoms with Gasteiger partial charge in [0.05, 0.1) is 6.04 Å². The number of hydrogen-bond acceptors (Lipinski definition) is 2. The van der Waals surface area contributed by atoms with Crippen LogP contribution in [0.5, 0.6) is 0 Å². The molecule has 5 heteroatoms. The summed E-state index contributed by atoms with van der Waals surface area (Å²) in [4.78, 5) is 1.18. The van der Waals surface area contributed by atoms with Crippen molar-refractivity contribution in [2.75, 3.05) is 6.54 Å². The Kier molecular flexibility index (Phi) is 5.32. The molecule has 0 saturated carbocycles. The van der Waals surface area contributed by atoms with Crippen LogP contribution in [0.1, 0.15) is 29.0 Å². The first-order chi connectivity index (χ1) is 9.04. The first-order valence-electron chi connectivity index (χ1n) is 5.97. The quantitative estimate of drug-likeness (QED) is 0.706. The molecule has 0 amide bonds. The van der Waals surface area contributed by atoms with Gasteiger partial charge in [-0.05, 0) is 52.7 Å². The van der Waals surface area contributed by atoms with Gasteiger partial charge < -0.3 is 5.32 Å². The minimum Gasteiger partial charge on any atom is -0.306 e. The second-order valence-corrected chi connectivity index (χ2v) is 7.16. The van der Waals surface area contributed by atoms with Crippen LogP contribution in [0.3, 0.4) is 0 Å². The van der Waals surface area contributed by atoms with Crippen molar-refractivity contribution in [1.29, 1.82) is 0 Å². The third-order valence-electron chi connectivity index (χ3n) is 2.98. The maximum Gasteiger partial charge on any atom is 0.107 e. The Morgan fingerprint density at radius 2 is 2.11 bits per heavy atom. The van der Waals surface area contributed by atoms with Crippen LogP contribution in [0.25, 0.3) is 0 Å². The Balaban J connectivity index is 2.48. The van der Waals surface area contributed by atoms with Crippen LogP contribution in [-0.4, -0.2) is 6.54 Å². The van der Waals surface area contributed by atoms with Gasteiger partial charge in [-0.3, -0.25) is 0 Å². The lowest BCUT2D eigenvalue weighted by molar-refractivity contribution is 0.636. The summed E-state index contributed by atoms with van der Waals surface area (Å²) in [5.41, 5.74) is 2.30. The maximum atomic E-state index is 6.22. The van der Waals surface area contributed by atoms with Crippen LogP contribution in [0.15, 0.2) is 28.7 Å². The highest BCUT2D eigenvalue weighted by Crippen LogP contribution is 2.38. The van der Waals surface area contributed by atoms with E-state index in [0.717, 1.165) is 25.9 Å². The fourth-order valence-electron chi connectivity index (χ4n) is 2.01. The summed E-state index contributed by atoms with van der Waals surface area (Å²) in [5, 5.41) is 4.29. The summed E-state index contributed by atoms with van der Waals surface area (Å²) >= 11 is 17.4. The first kappa shape index (κ1) is 15.3. The highest BCUT2D eigenvalue weighted by Gasteiger charge is 2.19. The Morgan fingerprint density at radius 1 is 1.37 bits per heavy atom. The van der Waals surface area contributed by atoms with E-state index >= 15 is 0 Å². The third kappa shape index (κ3) is 3.34. The zero-order chi connectivity index (χ0) is 14.0. The Labute approximate surface area is 136 Å². The van der Waals surface area contributed by atoms with Crippen molar-refractivity contribution in [3.63, 3.8) is 0 Å². The van der Waals surface area contributed by atoms with Crippen LogP contribution in [0, 0.1) is 6.92 Å². The number of hydrogen-bond donors (Lipinski definition) is 1. The van der Waals surface area contributed by atoms with E-state index in [9.17, 15) is 0 Å². The number of rotatable bonds is 4. The van der Waals surface area contributed by atoms with Crippen LogP contribution in [-0.2, 0) is 0 Å². The summed E-state index contributed by atoms with van der Waals surface area (Å²) in [5.74, 6) is 0. The molecule has 0 aliphatic heterocycles. The molecule has 102 valence electrons. The lowest BCUT2D eigenvalue weighted by atomic mass is 10.00. The van der Waals surface area contributed by atoms with E-state index in [-0.39, 0.29) is 6.04 Å². The maximum absolute atomic E-state index is 6.22. The molecule has 0 aliphatic rings. The Bertz CT molecular complexity index is 563. The largest absolute Gasteiger partial charge is 0.306 e. The molecule has 0 saturated heterocycles. The van der Waals surface area contributed by atoms with Gasteiger partial charge >= 0.3 is 0 Å². The van der Waals surface area contributed by atoms with Crippen molar-refractivity contribution in [2.45, 2.75) is 19.9 Å². The molecule has 1 nitrogen and oxygen atoms in total. The standard InChI is InChI=1S/C14H14BrCl2NS/c1-3-18-13(12-7-10(15)14(17)19-12)9-5-4-6-11(16)8(9)2/h4-7,13,18H,3H2,1-2H3. The van der Waals surface area contributed by atoms with Gasteiger partial charge in [0.25, 0.3) is 0 Å². The number of benzene rings is 1. The molecule has 0 bridgehead atoms. The Hall–Kier alpha value is -0.0600. The molecule has 1 unspecified atom stereocenters.